The van der Waals surface area contributed by atoms with E-state index >= 15 is 0 Å². The van der Waals surface area contributed by atoms with Crippen molar-refractivity contribution < 1.29 is 47.5 Å². The molecule has 2 aromatic carbocycles. The molecule has 2 aliphatic rings. The molecule has 0 aliphatic carbocycles. The Bertz CT molecular complexity index is 1530. The van der Waals surface area contributed by atoms with Gasteiger partial charge in [-0.2, -0.15) is 5.26 Å². The Hall–Kier alpha value is -3.62. The maximum atomic E-state index is 14.3. The Kier molecular flexibility index (Phi) is 8.99. The van der Waals surface area contributed by atoms with E-state index in [1.165, 1.54) is 36.4 Å². The Morgan fingerprint density at radius 3 is 2.53 bits per heavy atom. The first kappa shape index (κ1) is 30.8. The smallest absolute Gasteiger partial charge is 0.259 e. The van der Waals surface area contributed by atoms with E-state index in [-0.39, 0.29) is 40.7 Å². The highest BCUT2D eigenvalue weighted by atomic mass is 35.5. The van der Waals surface area contributed by atoms with Gasteiger partial charge in [-0.15, -0.1) is 5.10 Å². The molecule has 0 unspecified atom stereocenters. The van der Waals surface area contributed by atoms with Crippen molar-refractivity contribution in [3.8, 4) is 17.3 Å². The Balaban J connectivity index is 1.55. The fourth-order valence-electron chi connectivity index (χ4n) is 5.29. The average Bonchev–Trinajstić information content (AvgIpc) is 3.64. The number of anilines is 1. The number of amides is 1. The number of carbonyl (C=O) groups is 1. The lowest BCUT2D eigenvalue weighted by molar-refractivity contribution is -0.211. The molecule has 2 saturated heterocycles. The van der Waals surface area contributed by atoms with E-state index in [0.29, 0.717) is 0 Å². The van der Waals surface area contributed by atoms with Crippen molar-refractivity contribution in [3.05, 3.63) is 64.6 Å². The summed E-state index contributed by atoms with van der Waals surface area (Å²) >= 11 is 6.22. The molecule has 2 fully saturated rings. The highest BCUT2D eigenvalue weighted by Crippen LogP contribution is 2.36. The number of aliphatic hydroxyl groups is 3. The molecule has 16 heteroatoms. The molecule has 2 aliphatic heterocycles. The summed E-state index contributed by atoms with van der Waals surface area (Å²) in [5.74, 6) is -5.34. The van der Waals surface area contributed by atoms with Gasteiger partial charge in [0.25, 0.3) is 5.91 Å². The minimum absolute atomic E-state index is 0.0710. The molecular weight excluding hydrogens is 599 g/mol. The SMILES string of the molecule is CO[C@@H]1[C@@H](n2cc(-c3cc(F)c(F)c(F)c3)nn2)[C@@H](O)[C@@H](CO)O[C@H]1C(=O)N(c1cc(Cl)cc(C#N)c1)[C@H]1COC[C@@H]1O. The lowest BCUT2D eigenvalue weighted by atomic mass is 9.91. The van der Waals surface area contributed by atoms with Crippen LogP contribution in [-0.4, -0.2) is 99.7 Å². The molecule has 1 aromatic heterocycles. The van der Waals surface area contributed by atoms with Crippen molar-refractivity contribution >= 4 is 23.2 Å². The number of rotatable bonds is 7. The van der Waals surface area contributed by atoms with Gasteiger partial charge in [0.15, 0.2) is 23.6 Å². The van der Waals surface area contributed by atoms with Crippen LogP contribution in [0.15, 0.2) is 36.5 Å². The van der Waals surface area contributed by atoms with E-state index in [4.69, 9.17) is 25.8 Å². The van der Waals surface area contributed by atoms with Crippen LogP contribution in [0.2, 0.25) is 5.02 Å². The van der Waals surface area contributed by atoms with Gasteiger partial charge in [-0.3, -0.25) is 4.79 Å². The van der Waals surface area contributed by atoms with E-state index in [0.717, 1.165) is 16.8 Å². The van der Waals surface area contributed by atoms with Crippen LogP contribution in [-0.2, 0) is 19.0 Å². The number of benzene rings is 2. The van der Waals surface area contributed by atoms with Gasteiger partial charge in [-0.1, -0.05) is 16.8 Å². The maximum Gasteiger partial charge on any atom is 0.259 e. The van der Waals surface area contributed by atoms with Gasteiger partial charge >= 0.3 is 0 Å². The highest BCUT2D eigenvalue weighted by molar-refractivity contribution is 6.31. The second kappa shape index (κ2) is 12.5. The van der Waals surface area contributed by atoms with Gasteiger partial charge in [-0.05, 0) is 30.3 Å². The van der Waals surface area contributed by atoms with E-state index in [9.17, 15) is 38.5 Å². The number of hydrogen-bond donors (Lipinski definition) is 3. The first-order chi connectivity index (χ1) is 20.6. The normalized spacial score (nSPS) is 27.2. The predicted molar refractivity (Wildman–Crippen MR) is 141 cm³/mol. The van der Waals surface area contributed by atoms with Crippen molar-refractivity contribution in [2.75, 3.05) is 31.8 Å². The molecule has 0 bridgehead atoms. The summed E-state index contributed by atoms with van der Waals surface area (Å²) in [6.45, 7) is -0.886. The molecule has 3 N–H and O–H groups in total. The fraction of sp³-hybridized carbons (Fsp3) is 0.407. The van der Waals surface area contributed by atoms with Crippen molar-refractivity contribution in [2.45, 2.75) is 42.6 Å². The molecular formula is C27H25ClF3N5O7. The number of methoxy groups -OCH3 is 1. The van der Waals surface area contributed by atoms with Crippen molar-refractivity contribution in [3.63, 3.8) is 0 Å². The summed E-state index contributed by atoms with van der Waals surface area (Å²) < 4.78 is 59.2. The molecule has 3 aromatic rings. The van der Waals surface area contributed by atoms with Crippen LogP contribution in [0.4, 0.5) is 18.9 Å². The number of hydrogen-bond acceptors (Lipinski definition) is 10. The predicted octanol–water partition coefficient (Wildman–Crippen LogP) is 1.36. The molecule has 0 saturated carbocycles. The molecule has 43 heavy (non-hydrogen) atoms. The number of ether oxygens (including phenoxy) is 3. The lowest BCUT2D eigenvalue weighted by Gasteiger charge is -2.45. The molecule has 0 spiro atoms. The Morgan fingerprint density at radius 1 is 1.21 bits per heavy atom. The van der Waals surface area contributed by atoms with Gasteiger partial charge in [0.1, 0.15) is 36.2 Å². The molecule has 7 atom stereocenters. The van der Waals surface area contributed by atoms with Gasteiger partial charge in [0.2, 0.25) is 0 Å². The summed E-state index contributed by atoms with van der Waals surface area (Å²) in [7, 11) is 1.24. The van der Waals surface area contributed by atoms with Crippen molar-refractivity contribution in [1.82, 2.24) is 15.0 Å². The van der Waals surface area contributed by atoms with Crippen LogP contribution in [0.3, 0.4) is 0 Å². The number of carbonyl (C=O) groups excluding carboxylic acids is 1. The highest BCUT2D eigenvalue weighted by Gasteiger charge is 2.52. The van der Waals surface area contributed by atoms with Crippen LogP contribution in [0.1, 0.15) is 11.6 Å². The van der Waals surface area contributed by atoms with E-state index in [1.54, 1.807) is 0 Å². The number of aliphatic hydroxyl groups excluding tert-OH is 3. The number of halogens is 4. The molecule has 0 radical (unpaired) electrons. The Morgan fingerprint density at radius 2 is 1.93 bits per heavy atom. The van der Waals surface area contributed by atoms with Crippen LogP contribution >= 0.6 is 11.6 Å². The molecule has 3 heterocycles. The summed E-state index contributed by atoms with van der Waals surface area (Å²) in [5.41, 5.74) is 0.0336. The van der Waals surface area contributed by atoms with Crippen molar-refractivity contribution in [2.24, 2.45) is 0 Å². The zero-order valence-corrected chi connectivity index (χ0v) is 23.1. The topological polar surface area (TPSA) is 163 Å². The van der Waals surface area contributed by atoms with Crippen molar-refractivity contribution in [1.29, 1.82) is 5.26 Å². The molecule has 228 valence electrons. The summed E-state index contributed by atoms with van der Waals surface area (Å²) in [6, 6.07) is 5.40. The minimum Gasteiger partial charge on any atom is -0.394 e. The van der Waals surface area contributed by atoms with Gasteiger partial charge in [0, 0.05) is 23.4 Å². The second-order valence-corrected chi connectivity index (χ2v) is 10.4. The monoisotopic (exact) mass is 623 g/mol. The summed E-state index contributed by atoms with van der Waals surface area (Å²) in [6.07, 6.45) is -5.64. The second-order valence-electron chi connectivity index (χ2n) is 9.99. The molecule has 5 rings (SSSR count). The standard InChI is InChI=1S/C27H25ClF3N5O7/c1-41-25-23(35-8-18(33-34-35)13-4-16(29)22(31)17(30)5-13)24(39)21(9-37)43-26(25)27(40)36(19-10-42-11-20(19)38)15-3-12(7-32)2-14(28)6-15/h2-6,8,19-21,23-26,37-39H,9-11H2,1H3/t19-,20-,21+,23-,24-,25+,26+/m0/s1. The third-order valence-electron chi connectivity index (χ3n) is 7.36. The van der Waals surface area contributed by atoms with Gasteiger partial charge in [0.05, 0.1) is 43.7 Å². The zero-order valence-electron chi connectivity index (χ0n) is 22.3. The summed E-state index contributed by atoms with van der Waals surface area (Å²) in [5, 5.41) is 49.3. The number of nitriles is 1. The minimum atomic E-state index is -1.66. The first-order valence-corrected chi connectivity index (χ1v) is 13.3. The largest absolute Gasteiger partial charge is 0.394 e. The lowest BCUT2D eigenvalue weighted by Crippen LogP contribution is -2.63. The first-order valence-electron chi connectivity index (χ1n) is 12.9. The van der Waals surface area contributed by atoms with E-state index in [2.05, 4.69) is 10.3 Å². The van der Waals surface area contributed by atoms with Crippen LogP contribution in [0.5, 0.6) is 0 Å². The quantitative estimate of drug-likeness (QED) is 0.328. The Labute approximate surface area is 247 Å². The molecule has 12 nitrogen and oxygen atoms in total. The fourth-order valence-corrected chi connectivity index (χ4v) is 5.52. The summed E-state index contributed by atoms with van der Waals surface area (Å²) in [4.78, 5) is 15.5. The zero-order chi connectivity index (χ0) is 31.0. The number of aromatic nitrogens is 3. The van der Waals surface area contributed by atoms with Crippen LogP contribution in [0.25, 0.3) is 11.3 Å². The van der Waals surface area contributed by atoms with Crippen LogP contribution < -0.4 is 4.90 Å². The molecule has 1 amide bonds. The van der Waals surface area contributed by atoms with Crippen LogP contribution in [0, 0.1) is 28.8 Å². The van der Waals surface area contributed by atoms with E-state index in [1.807, 2.05) is 6.07 Å². The van der Waals surface area contributed by atoms with Gasteiger partial charge in [-0.25, -0.2) is 17.9 Å². The average molecular weight is 624 g/mol. The maximum absolute atomic E-state index is 14.3. The third-order valence-corrected chi connectivity index (χ3v) is 7.58. The third kappa shape index (κ3) is 5.83. The van der Waals surface area contributed by atoms with E-state index < -0.39 is 72.6 Å². The van der Waals surface area contributed by atoms with Gasteiger partial charge < -0.3 is 34.4 Å². The number of nitrogens with zero attached hydrogens (tertiary/aromatic N) is 5.